The highest BCUT2D eigenvalue weighted by Gasteiger charge is 2.33. The van der Waals surface area contributed by atoms with Crippen LogP contribution in [0, 0.1) is 0 Å². The molecule has 0 aliphatic carbocycles. The van der Waals surface area contributed by atoms with Gasteiger partial charge in [0.1, 0.15) is 5.03 Å². The smallest absolute Gasteiger partial charge is 0.336 e. The number of hydrogen-bond donors (Lipinski definition) is 1. The van der Waals surface area contributed by atoms with E-state index in [4.69, 9.17) is 11.6 Å². The molecule has 22 heavy (non-hydrogen) atoms. The number of carbonyl (C=O) groups excluding carboxylic acids is 2. The summed E-state index contributed by atoms with van der Waals surface area (Å²) in [6, 6.07) is 0.278. The highest BCUT2D eigenvalue weighted by molar-refractivity contribution is 8.00. The highest BCUT2D eigenvalue weighted by Crippen LogP contribution is 2.35. The molecule has 1 aromatic rings. The number of alkyl halides is 3. The first-order valence-electron chi connectivity index (χ1n) is 6.18. The van der Waals surface area contributed by atoms with Crippen LogP contribution in [0.3, 0.4) is 0 Å². The van der Waals surface area contributed by atoms with Crippen LogP contribution in [-0.2, 0) is 11.0 Å². The van der Waals surface area contributed by atoms with Crippen molar-refractivity contribution in [3.63, 3.8) is 0 Å². The van der Waals surface area contributed by atoms with E-state index in [2.05, 4.69) is 10.3 Å². The zero-order valence-corrected chi connectivity index (χ0v) is 12.8. The minimum Gasteiger partial charge on any atom is -0.336 e. The lowest BCUT2D eigenvalue weighted by molar-refractivity contribution is -0.138. The summed E-state index contributed by atoms with van der Waals surface area (Å²) in [6.07, 6.45) is -3.87. The summed E-state index contributed by atoms with van der Waals surface area (Å²) in [5.41, 5.74) is -0.959. The van der Waals surface area contributed by atoms with Crippen molar-refractivity contribution in [3.05, 3.63) is 22.8 Å². The van der Waals surface area contributed by atoms with Crippen LogP contribution in [0.2, 0.25) is 5.02 Å². The average molecular weight is 354 g/mol. The topological polar surface area (TPSA) is 62.3 Å². The second-order valence-electron chi connectivity index (χ2n) is 4.49. The Labute approximate surface area is 133 Å². The molecule has 1 unspecified atom stereocenters. The van der Waals surface area contributed by atoms with Crippen molar-refractivity contribution in [2.45, 2.75) is 23.4 Å². The molecule has 10 heteroatoms. The van der Waals surface area contributed by atoms with Crippen molar-refractivity contribution in [2.24, 2.45) is 0 Å². The zero-order chi connectivity index (χ0) is 16.5. The van der Waals surface area contributed by atoms with Gasteiger partial charge in [0.2, 0.25) is 5.91 Å². The molecule has 1 aromatic heterocycles. The second-order valence-corrected chi connectivity index (χ2v) is 6.23. The minimum atomic E-state index is -4.53. The first-order chi connectivity index (χ1) is 10.2. The van der Waals surface area contributed by atoms with Crippen molar-refractivity contribution < 1.29 is 22.8 Å². The summed E-state index contributed by atoms with van der Waals surface area (Å²) in [5.74, 6) is -0.447. The molecule has 1 atom stereocenters. The largest absolute Gasteiger partial charge is 0.417 e. The molecule has 2 heterocycles. The third-order valence-electron chi connectivity index (χ3n) is 2.89. The van der Waals surface area contributed by atoms with Crippen LogP contribution < -0.4 is 5.32 Å². The molecule has 1 fully saturated rings. The van der Waals surface area contributed by atoms with Crippen LogP contribution in [-0.4, -0.2) is 40.2 Å². The van der Waals surface area contributed by atoms with E-state index in [9.17, 15) is 22.8 Å². The second kappa shape index (κ2) is 6.33. The lowest BCUT2D eigenvalue weighted by Crippen LogP contribution is -2.38. The quantitative estimate of drug-likeness (QED) is 0.849. The number of aromatic nitrogens is 1. The molecule has 0 aromatic carbocycles. The Morgan fingerprint density at radius 3 is 2.73 bits per heavy atom. The molecule has 1 aliphatic heterocycles. The number of imide groups is 1. The molecule has 1 saturated heterocycles. The summed E-state index contributed by atoms with van der Waals surface area (Å²) >= 11 is 6.69. The van der Waals surface area contributed by atoms with Crippen LogP contribution in [0.5, 0.6) is 0 Å². The zero-order valence-electron chi connectivity index (χ0n) is 11.3. The SMILES string of the molecule is CC(Sc1ncc(C(F)(F)F)cc1Cl)C(=O)N1CCNC1=O. The van der Waals surface area contributed by atoms with Crippen molar-refractivity contribution >= 4 is 35.3 Å². The molecule has 1 N–H and O–H groups in total. The van der Waals surface area contributed by atoms with Crippen LogP contribution in [0.4, 0.5) is 18.0 Å². The molecule has 5 nitrogen and oxygen atoms in total. The lowest BCUT2D eigenvalue weighted by atomic mass is 10.3. The van der Waals surface area contributed by atoms with Crippen LogP contribution in [0.15, 0.2) is 17.3 Å². The number of nitrogens with one attached hydrogen (secondary N) is 1. The predicted molar refractivity (Wildman–Crippen MR) is 74.7 cm³/mol. The molecule has 2 rings (SSSR count). The predicted octanol–water partition coefficient (Wildman–Crippen LogP) is 2.79. The average Bonchev–Trinajstić information content (AvgIpc) is 2.85. The van der Waals surface area contributed by atoms with Gasteiger partial charge >= 0.3 is 12.2 Å². The van der Waals surface area contributed by atoms with Crippen LogP contribution in [0.25, 0.3) is 0 Å². The van der Waals surface area contributed by atoms with Gasteiger partial charge in [0.05, 0.1) is 15.8 Å². The van der Waals surface area contributed by atoms with Gasteiger partial charge in [0.15, 0.2) is 0 Å². The Hall–Kier alpha value is -1.48. The molecular formula is C12H11ClF3N3O2S. The maximum atomic E-state index is 12.5. The summed E-state index contributed by atoms with van der Waals surface area (Å²) in [5, 5.41) is 1.71. The molecule has 0 radical (unpaired) electrons. The first kappa shape index (κ1) is 16.9. The van der Waals surface area contributed by atoms with E-state index in [1.807, 2.05) is 0 Å². The number of urea groups is 1. The highest BCUT2D eigenvalue weighted by atomic mass is 35.5. The van der Waals surface area contributed by atoms with Crippen molar-refractivity contribution in [1.29, 1.82) is 0 Å². The molecule has 0 bridgehead atoms. The number of halogens is 4. The fraction of sp³-hybridized carbons (Fsp3) is 0.417. The summed E-state index contributed by atoms with van der Waals surface area (Å²) < 4.78 is 37.6. The van der Waals surface area contributed by atoms with Gasteiger partial charge < -0.3 is 5.32 Å². The number of nitrogens with zero attached hydrogens (tertiary/aromatic N) is 2. The minimum absolute atomic E-state index is 0.107. The Balaban J connectivity index is 2.10. The van der Waals surface area contributed by atoms with Crippen LogP contribution in [0.1, 0.15) is 12.5 Å². The number of hydrogen-bond acceptors (Lipinski definition) is 4. The molecular weight excluding hydrogens is 343 g/mol. The van der Waals surface area contributed by atoms with Crippen molar-refractivity contribution in [2.75, 3.05) is 13.1 Å². The van der Waals surface area contributed by atoms with E-state index in [-0.39, 0.29) is 16.6 Å². The molecule has 120 valence electrons. The maximum absolute atomic E-state index is 12.5. The fourth-order valence-corrected chi connectivity index (χ4v) is 2.93. The number of carbonyl (C=O) groups is 2. The monoisotopic (exact) mass is 353 g/mol. The lowest BCUT2D eigenvalue weighted by Gasteiger charge is -2.17. The molecule has 1 aliphatic rings. The van der Waals surface area contributed by atoms with Crippen molar-refractivity contribution in [1.82, 2.24) is 15.2 Å². The Kier molecular flexibility index (Phi) is 4.86. The van der Waals surface area contributed by atoms with Gasteiger partial charge in [0, 0.05) is 19.3 Å². The Morgan fingerprint density at radius 1 is 1.55 bits per heavy atom. The number of thioether (sulfide) groups is 1. The summed E-state index contributed by atoms with van der Waals surface area (Å²) in [4.78, 5) is 28.2. The van der Waals surface area contributed by atoms with Gasteiger partial charge in [-0.15, -0.1) is 0 Å². The number of rotatable bonds is 3. The van der Waals surface area contributed by atoms with Crippen molar-refractivity contribution in [3.8, 4) is 0 Å². The summed E-state index contributed by atoms with van der Waals surface area (Å²) in [6.45, 7) is 2.17. The normalized spacial score (nSPS) is 16.6. The number of amides is 3. The Morgan fingerprint density at radius 2 is 2.23 bits per heavy atom. The fourth-order valence-electron chi connectivity index (χ4n) is 1.79. The standard InChI is InChI=1S/C12H11ClF3N3O2S/c1-6(10(20)19-3-2-17-11(19)21)22-9-8(13)4-7(5-18-9)12(14,15)16/h4-6H,2-3H2,1H3,(H,17,21). The first-order valence-corrected chi connectivity index (χ1v) is 7.44. The van der Waals surface area contributed by atoms with Gasteiger partial charge in [-0.25, -0.2) is 9.78 Å². The van der Waals surface area contributed by atoms with E-state index in [0.29, 0.717) is 12.7 Å². The van der Waals surface area contributed by atoms with Gasteiger partial charge in [-0.05, 0) is 13.0 Å². The maximum Gasteiger partial charge on any atom is 0.417 e. The van der Waals surface area contributed by atoms with Gasteiger partial charge in [-0.1, -0.05) is 23.4 Å². The van der Waals surface area contributed by atoms with E-state index >= 15 is 0 Å². The summed E-state index contributed by atoms with van der Waals surface area (Å²) in [7, 11) is 0. The Bertz CT molecular complexity index is 612. The molecule has 3 amide bonds. The third-order valence-corrected chi connectivity index (χ3v) is 4.40. The van der Waals surface area contributed by atoms with Crippen LogP contribution >= 0.6 is 23.4 Å². The van der Waals surface area contributed by atoms with Gasteiger partial charge in [-0.3, -0.25) is 9.69 Å². The van der Waals surface area contributed by atoms with E-state index in [1.165, 1.54) is 6.92 Å². The van der Waals surface area contributed by atoms with E-state index in [0.717, 1.165) is 22.7 Å². The third kappa shape index (κ3) is 3.64. The van der Waals surface area contributed by atoms with E-state index < -0.39 is 28.9 Å². The van der Waals surface area contributed by atoms with Gasteiger partial charge in [-0.2, -0.15) is 13.2 Å². The molecule has 0 saturated carbocycles. The van der Waals surface area contributed by atoms with E-state index in [1.54, 1.807) is 0 Å². The number of pyridine rings is 1. The molecule has 0 spiro atoms. The van der Waals surface area contributed by atoms with Gasteiger partial charge in [0.25, 0.3) is 0 Å².